The van der Waals surface area contributed by atoms with Gasteiger partial charge in [-0.3, -0.25) is 0 Å². The zero-order chi connectivity index (χ0) is 40.6. The maximum Gasteiger partial charge on any atom is 0.124 e. The average molecular weight is 790 g/mol. The molecule has 0 aromatic heterocycles. The molecule has 0 amide bonds. The Morgan fingerprint density at radius 3 is 1.48 bits per heavy atom. The minimum absolute atomic E-state index is 0.0368. The summed E-state index contributed by atoms with van der Waals surface area (Å²) in [6, 6.07) is 63.5. The van der Waals surface area contributed by atoms with Gasteiger partial charge in [-0.05, 0) is 93.4 Å². The maximum atomic E-state index is 11.8. The van der Waals surface area contributed by atoms with Crippen LogP contribution in [0.4, 0.5) is 17.1 Å². The van der Waals surface area contributed by atoms with Crippen molar-refractivity contribution in [2.24, 2.45) is 0 Å². The number of nitrogens with zero attached hydrogens (tertiary/aromatic N) is 1. The lowest BCUT2D eigenvalue weighted by Crippen LogP contribution is -2.37. The second-order valence-corrected chi connectivity index (χ2v) is 27.5. The molecule has 0 spiro atoms. The number of rotatable bonds is 10. The van der Waals surface area contributed by atoms with E-state index in [9.17, 15) is 10.2 Å². The molecule has 0 aliphatic rings. The lowest BCUT2D eigenvalue weighted by Gasteiger charge is -2.27. The lowest BCUT2D eigenvalue weighted by molar-refractivity contribution is 0.476. The second-order valence-electron chi connectivity index (χ2n) is 17.4. The average Bonchev–Trinajstić information content (AvgIpc) is 3.22. The molecule has 2 N–H and O–H groups in total. The second kappa shape index (κ2) is 15.7. The summed E-state index contributed by atoms with van der Waals surface area (Å²) in [6.07, 6.45) is 0. The van der Waals surface area contributed by atoms with Crippen LogP contribution in [0.3, 0.4) is 0 Å². The van der Waals surface area contributed by atoms with Crippen molar-refractivity contribution >= 4 is 54.4 Å². The molecule has 0 fully saturated rings. The van der Waals surface area contributed by atoms with Crippen LogP contribution in [0.25, 0.3) is 33.0 Å². The van der Waals surface area contributed by atoms with Crippen LogP contribution in [0.1, 0.15) is 22.6 Å². The van der Waals surface area contributed by atoms with Gasteiger partial charge in [-0.15, -0.1) is 0 Å². The van der Waals surface area contributed by atoms with Crippen LogP contribution in [0.15, 0.2) is 182 Å². The van der Waals surface area contributed by atoms with Crippen molar-refractivity contribution in [1.82, 2.24) is 0 Å². The van der Waals surface area contributed by atoms with Gasteiger partial charge in [-0.1, -0.05) is 177 Å². The van der Waals surface area contributed by atoms with E-state index < -0.39 is 16.1 Å². The van der Waals surface area contributed by atoms with Crippen LogP contribution in [-0.2, 0) is 0 Å². The van der Waals surface area contributed by atoms with Crippen molar-refractivity contribution < 1.29 is 10.2 Å². The van der Waals surface area contributed by atoms with Crippen molar-refractivity contribution in [2.75, 3.05) is 4.90 Å². The molecule has 8 aromatic carbocycles. The summed E-state index contributed by atoms with van der Waals surface area (Å²) in [5.74, 6) is 0.372. The molecule has 0 aliphatic carbocycles. The number of phenols is 2. The van der Waals surface area contributed by atoms with Crippen LogP contribution in [-0.4, -0.2) is 26.4 Å². The number of phenolic OH excluding ortho intramolecular Hbond substituents is 2. The van der Waals surface area contributed by atoms with Gasteiger partial charge in [0.2, 0.25) is 0 Å². The normalized spacial score (nSPS) is 12.4. The molecule has 8 aromatic rings. The number of hydrogen-bond donors (Lipinski definition) is 2. The number of aromatic hydroxyl groups is 2. The number of anilines is 3. The molecule has 0 heterocycles. The first-order valence-corrected chi connectivity index (χ1v) is 27.2. The first-order valence-electron chi connectivity index (χ1n) is 20.2. The summed E-state index contributed by atoms with van der Waals surface area (Å²) < 4.78 is 0. The fourth-order valence-electron chi connectivity index (χ4n) is 8.14. The molecule has 0 saturated heterocycles. The third-order valence-corrected chi connectivity index (χ3v) is 15.5. The molecule has 0 saturated carbocycles. The van der Waals surface area contributed by atoms with Gasteiger partial charge in [-0.25, -0.2) is 0 Å². The number of fused-ring (bicyclic) bond motifs is 1. The van der Waals surface area contributed by atoms with E-state index in [-0.39, 0.29) is 17.4 Å². The van der Waals surface area contributed by atoms with E-state index in [1.54, 1.807) is 6.07 Å². The summed E-state index contributed by atoms with van der Waals surface area (Å²) >= 11 is 0. The van der Waals surface area contributed by atoms with Crippen molar-refractivity contribution in [3.8, 4) is 33.8 Å². The van der Waals surface area contributed by atoms with E-state index in [2.05, 4.69) is 178 Å². The van der Waals surface area contributed by atoms with E-state index in [1.807, 2.05) is 42.5 Å². The fraction of sp³-hybridized carbons (Fsp3) is 0.132. The molecule has 1 unspecified atom stereocenters. The quantitative estimate of drug-likeness (QED) is 0.107. The minimum atomic E-state index is -1.45. The van der Waals surface area contributed by atoms with Crippen LogP contribution in [0, 0.1) is 0 Å². The minimum Gasteiger partial charge on any atom is -0.507 e. The number of hydrogen-bond acceptors (Lipinski definition) is 3. The Labute approximate surface area is 345 Å². The molecule has 3 nitrogen and oxygen atoms in total. The van der Waals surface area contributed by atoms with Gasteiger partial charge in [0.25, 0.3) is 0 Å². The Hall–Kier alpha value is -6.15. The van der Waals surface area contributed by atoms with Crippen molar-refractivity contribution in [2.45, 2.75) is 45.2 Å². The van der Waals surface area contributed by atoms with Crippen LogP contribution in [0.2, 0.25) is 39.3 Å². The van der Waals surface area contributed by atoms with Gasteiger partial charge in [0, 0.05) is 33.9 Å². The highest BCUT2D eigenvalue weighted by molar-refractivity contribution is 6.89. The van der Waals surface area contributed by atoms with Gasteiger partial charge in [0.1, 0.15) is 11.5 Å². The standard InChI is InChI=1S/C53H51NO2Si2/c1-57(2,3)44-29-22-39(23-30-44)52(38-14-9-7-10-15-38)40-24-33-48(51(56)36-40)47-34-35-50(55)53-46(18-13-19-49(47)53)37-20-25-42(26-21-37)54(41-16-11-8-12-17-41)43-27-31-45(32-28-43)58(4,5)6/h7-36,52,55-56H,1-6H3. The SMILES string of the molecule is C[Si](C)(C)c1ccc(C(c2ccccc2)c2ccc(-c3ccc(O)c4c(-c5ccc(N(c6ccccc6)c6ccc([Si](C)(C)C)cc6)cc5)cccc34)c(O)c2)cc1. The van der Waals surface area contributed by atoms with Gasteiger partial charge in [-0.2, -0.15) is 0 Å². The van der Waals surface area contributed by atoms with E-state index >= 15 is 0 Å². The Morgan fingerprint density at radius 1 is 0.397 bits per heavy atom. The summed E-state index contributed by atoms with van der Waals surface area (Å²) in [5, 5.41) is 27.7. The lowest BCUT2D eigenvalue weighted by atomic mass is 9.84. The Kier molecular flexibility index (Phi) is 10.4. The Bertz CT molecular complexity index is 2680. The van der Waals surface area contributed by atoms with Gasteiger partial charge >= 0.3 is 0 Å². The van der Waals surface area contributed by atoms with E-state index in [4.69, 9.17) is 0 Å². The molecule has 0 radical (unpaired) electrons. The van der Waals surface area contributed by atoms with Crippen LogP contribution in [0.5, 0.6) is 11.5 Å². The molecule has 288 valence electrons. The first kappa shape index (κ1) is 38.7. The van der Waals surface area contributed by atoms with Crippen molar-refractivity contribution in [3.05, 3.63) is 199 Å². The molecule has 1 atom stereocenters. The predicted molar refractivity (Wildman–Crippen MR) is 253 cm³/mol. The summed E-state index contributed by atoms with van der Waals surface area (Å²) in [6.45, 7) is 14.2. The smallest absolute Gasteiger partial charge is 0.124 e. The van der Waals surface area contributed by atoms with Crippen LogP contribution >= 0.6 is 0 Å². The third kappa shape index (κ3) is 7.76. The molecule has 0 bridgehead atoms. The first-order chi connectivity index (χ1) is 27.9. The fourth-order valence-corrected chi connectivity index (χ4v) is 10.5. The molecular weight excluding hydrogens is 739 g/mol. The van der Waals surface area contributed by atoms with Gasteiger partial charge < -0.3 is 15.1 Å². The highest BCUT2D eigenvalue weighted by atomic mass is 28.3. The highest BCUT2D eigenvalue weighted by Crippen LogP contribution is 2.44. The topological polar surface area (TPSA) is 43.7 Å². The Balaban J connectivity index is 1.16. The highest BCUT2D eigenvalue weighted by Gasteiger charge is 2.23. The van der Waals surface area contributed by atoms with E-state index in [1.165, 1.54) is 21.5 Å². The van der Waals surface area contributed by atoms with E-state index in [0.29, 0.717) is 0 Å². The van der Waals surface area contributed by atoms with Gasteiger partial charge in [0.15, 0.2) is 0 Å². The summed E-state index contributed by atoms with van der Waals surface area (Å²) in [7, 11) is -2.90. The zero-order valence-corrected chi connectivity index (χ0v) is 36.2. The van der Waals surface area contributed by atoms with Crippen LogP contribution < -0.4 is 15.3 Å². The number of benzene rings is 8. The molecule has 58 heavy (non-hydrogen) atoms. The third-order valence-electron chi connectivity index (χ3n) is 11.3. The zero-order valence-electron chi connectivity index (χ0n) is 34.2. The summed E-state index contributed by atoms with van der Waals surface area (Å²) in [5.41, 5.74) is 10.1. The number of para-hydroxylation sites is 1. The molecule has 8 rings (SSSR count). The Morgan fingerprint density at radius 2 is 0.897 bits per heavy atom. The summed E-state index contributed by atoms with van der Waals surface area (Å²) in [4.78, 5) is 2.29. The monoisotopic (exact) mass is 789 g/mol. The maximum absolute atomic E-state index is 11.8. The molecular formula is C53H51NO2Si2. The van der Waals surface area contributed by atoms with Gasteiger partial charge in [0.05, 0.1) is 16.1 Å². The predicted octanol–water partition coefficient (Wildman–Crippen LogP) is 13.3. The molecule has 0 aliphatic heterocycles. The largest absolute Gasteiger partial charge is 0.507 e. The van der Waals surface area contributed by atoms with Crippen molar-refractivity contribution in [1.29, 1.82) is 0 Å². The molecule has 5 heteroatoms. The van der Waals surface area contributed by atoms with Crippen molar-refractivity contribution in [3.63, 3.8) is 0 Å². The van der Waals surface area contributed by atoms with E-state index in [0.717, 1.165) is 55.7 Å².